The largest absolute Gasteiger partial charge is 0.385 e. The van der Waals surface area contributed by atoms with Crippen molar-refractivity contribution in [2.75, 3.05) is 0 Å². The molecule has 2 aliphatic heterocycles. The maximum atomic E-state index is 11.5. The Morgan fingerprint density at radius 1 is 1.04 bits per heavy atom. The molecule has 0 aliphatic carbocycles. The van der Waals surface area contributed by atoms with Crippen LogP contribution in [0.1, 0.15) is 54.6 Å². The molecule has 0 saturated carbocycles. The number of piperidine rings is 2. The maximum Gasteiger partial charge on any atom is 0.0943 e. The molecule has 3 heteroatoms. The van der Waals surface area contributed by atoms with Crippen LogP contribution in [0.5, 0.6) is 0 Å². The first-order valence-corrected chi connectivity index (χ1v) is 9.52. The molecule has 3 nitrogen and oxygen atoms in total. The van der Waals surface area contributed by atoms with E-state index in [0.717, 1.165) is 36.3 Å². The van der Waals surface area contributed by atoms with Gasteiger partial charge in [-0.2, -0.15) is 0 Å². The summed E-state index contributed by atoms with van der Waals surface area (Å²) in [6, 6.07) is 15.8. The van der Waals surface area contributed by atoms with Gasteiger partial charge < -0.3 is 5.11 Å². The highest BCUT2D eigenvalue weighted by Gasteiger charge is 2.46. The zero-order chi connectivity index (χ0) is 17.4. The van der Waals surface area contributed by atoms with E-state index in [0.29, 0.717) is 12.1 Å². The first-order chi connectivity index (χ1) is 12.0. The molecule has 2 bridgehead atoms. The molecule has 3 heterocycles. The van der Waals surface area contributed by atoms with E-state index in [1.54, 1.807) is 0 Å². The van der Waals surface area contributed by atoms with E-state index in [1.165, 1.54) is 24.8 Å². The summed E-state index contributed by atoms with van der Waals surface area (Å²) < 4.78 is 0. The number of pyridine rings is 1. The lowest BCUT2D eigenvalue weighted by atomic mass is 9.72. The van der Waals surface area contributed by atoms with E-state index in [1.807, 2.05) is 19.9 Å². The predicted molar refractivity (Wildman–Crippen MR) is 100 cm³/mol. The number of hydrogen-bond acceptors (Lipinski definition) is 3. The van der Waals surface area contributed by atoms with Crippen LogP contribution in [0.15, 0.2) is 42.5 Å². The minimum absolute atomic E-state index is 0.457. The van der Waals surface area contributed by atoms with E-state index in [2.05, 4.69) is 46.3 Å². The van der Waals surface area contributed by atoms with Gasteiger partial charge in [-0.1, -0.05) is 42.8 Å². The molecule has 2 unspecified atom stereocenters. The van der Waals surface area contributed by atoms with Gasteiger partial charge in [0.2, 0.25) is 0 Å². The number of aliphatic hydroxyl groups is 1. The van der Waals surface area contributed by atoms with Crippen molar-refractivity contribution in [3.05, 3.63) is 65.0 Å². The molecule has 2 atom stereocenters. The zero-order valence-corrected chi connectivity index (χ0v) is 15.3. The van der Waals surface area contributed by atoms with Gasteiger partial charge in [0.15, 0.2) is 0 Å². The third-order valence-electron chi connectivity index (χ3n) is 6.09. The van der Waals surface area contributed by atoms with Crippen LogP contribution in [0.4, 0.5) is 0 Å². The Kier molecular flexibility index (Phi) is 4.38. The summed E-state index contributed by atoms with van der Waals surface area (Å²) in [4.78, 5) is 7.24. The lowest BCUT2D eigenvalue weighted by Crippen LogP contribution is -2.56. The van der Waals surface area contributed by atoms with Crippen molar-refractivity contribution in [2.24, 2.45) is 0 Å². The molecule has 132 valence electrons. The van der Waals surface area contributed by atoms with Crippen molar-refractivity contribution >= 4 is 0 Å². The summed E-state index contributed by atoms with van der Waals surface area (Å²) in [5, 5.41) is 11.5. The smallest absolute Gasteiger partial charge is 0.0943 e. The first kappa shape index (κ1) is 16.7. The first-order valence-electron chi connectivity index (χ1n) is 9.52. The molecule has 0 spiro atoms. The molecule has 1 aromatic carbocycles. The number of rotatable bonds is 3. The molecular formula is C22H28N2O. The average molecular weight is 336 g/mol. The topological polar surface area (TPSA) is 36.4 Å². The van der Waals surface area contributed by atoms with E-state index in [-0.39, 0.29) is 0 Å². The minimum atomic E-state index is -0.728. The second kappa shape index (κ2) is 6.54. The Bertz CT molecular complexity index is 729. The molecule has 1 aromatic heterocycles. The third-order valence-corrected chi connectivity index (χ3v) is 6.09. The summed E-state index contributed by atoms with van der Waals surface area (Å²) in [6.45, 7) is 5.04. The Morgan fingerprint density at radius 2 is 1.72 bits per heavy atom. The molecule has 2 aliphatic rings. The third kappa shape index (κ3) is 3.23. The van der Waals surface area contributed by atoms with Gasteiger partial charge in [0, 0.05) is 35.6 Å². The normalized spacial score (nSPS) is 29.6. The average Bonchev–Trinajstić information content (AvgIpc) is 2.57. The van der Waals surface area contributed by atoms with Gasteiger partial charge in [-0.15, -0.1) is 0 Å². The van der Waals surface area contributed by atoms with Crippen LogP contribution in [0.2, 0.25) is 0 Å². The van der Waals surface area contributed by atoms with E-state index in [9.17, 15) is 5.11 Å². The van der Waals surface area contributed by atoms with Crippen LogP contribution in [0, 0.1) is 13.8 Å². The van der Waals surface area contributed by atoms with Crippen LogP contribution >= 0.6 is 0 Å². The highest BCUT2D eigenvalue weighted by atomic mass is 16.3. The quantitative estimate of drug-likeness (QED) is 0.916. The Morgan fingerprint density at radius 3 is 2.36 bits per heavy atom. The highest BCUT2D eigenvalue weighted by Crippen LogP contribution is 2.45. The number of hydrogen-bond donors (Lipinski definition) is 1. The van der Waals surface area contributed by atoms with Gasteiger partial charge in [-0.3, -0.25) is 9.88 Å². The standard InChI is InChI=1S/C22H28N2O/c1-16-11-12-21(17(2)23-16)22(25)13-19-9-6-10-20(14-22)24(19)15-18-7-4-3-5-8-18/h3-5,7-8,11-12,19-20,25H,6,9-10,13-15H2,1-2H3. The van der Waals surface area contributed by atoms with Gasteiger partial charge in [-0.05, 0) is 51.2 Å². The molecular weight excluding hydrogens is 308 g/mol. The number of aryl methyl sites for hydroxylation is 2. The van der Waals surface area contributed by atoms with E-state index in [4.69, 9.17) is 0 Å². The van der Waals surface area contributed by atoms with Crippen molar-refractivity contribution in [1.82, 2.24) is 9.88 Å². The van der Waals surface area contributed by atoms with Crippen molar-refractivity contribution in [2.45, 2.75) is 70.2 Å². The lowest BCUT2D eigenvalue weighted by molar-refractivity contribution is -0.100. The molecule has 0 radical (unpaired) electrons. The fourth-order valence-corrected chi connectivity index (χ4v) is 4.97. The molecule has 1 N–H and O–H groups in total. The Hall–Kier alpha value is -1.71. The molecule has 25 heavy (non-hydrogen) atoms. The van der Waals surface area contributed by atoms with Crippen molar-refractivity contribution in [3.8, 4) is 0 Å². The summed E-state index contributed by atoms with van der Waals surface area (Å²) in [7, 11) is 0. The fourth-order valence-electron chi connectivity index (χ4n) is 4.97. The lowest BCUT2D eigenvalue weighted by Gasteiger charge is -2.52. The molecule has 2 fully saturated rings. The van der Waals surface area contributed by atoms with Gasteiger partial charge in [0.05, 0.1) is 5.60 Å². The van der Waals surface area contributed by atoms with Crippen LogP contribution in [0.3, 0.4) is 0 Å². The summed E-state index contributed by atoms with van der Waals surface area (Å²) in [5.74, 6) is 0. The molecule has 0 amide bonds. The van der Waals surface area contributed by atoms with Gasteiger partial charge >= 0.3 is 0 Å². The fraction of sp³-hybridized carbons (Fsp3) is 0.500. The van der Waals surface area contributed by atoms with E-state index >= 15 is 0 Å². The number of benzene rings is 1. The minimum Gasteiger partial charge on any atom is -0.385 e. The number of nitrogens with zero attached hydrogens (tertiary/aromatic N) is 2. The molecule has 4 rings (SSSR count). The molecule has 2 saturated heterocycles. The monoisotopic (exact) mass is 336 g/mol. The van der Waals surface area contributed by atoms with Crippen molar-refractivity contribution < 1.29 is 5.11 Å². The Balaban J connectivity index is 1.60. The van der Waals surface area contributed by atoms with Crippen LogP contribution in [0.25, 0.3) is 0 Å². The van der Waals surface area contributed by atoms with Crippen LogP contribution < -0.4 is 0 Å². The van der Waals surface area contributed by atoms with Gasteiger partial charge in [0.25, 0.3) is 0 Å². The Labute approximate surface area is 150 Å². The summed E-state index contributed by atoms with van der Waals surface area (Å²) in [6.07, 6.45) is 5.29. The summed E-state index contributed by atoms with van der Waals surface area (Å²) >= 11 is 0. The van der Waals surface area contributed by atoms with Crippen LogP contribution in [-0.4, -0.2) is 27.1 Å². The maximum absolute atomic E-state index is 11.5. The second-order valence-electron chi connectivity index (χ2n) is 7.92. The van der Waals surface area contributed by atoms with Crippen molar-refractivity contribution in [3.63, 3.8) is 0 Å². The highest BCUT2D eigenvalue weighted by molar-refractivity contribution is 5.30. The van der Waals surface area contributed by atoms with Crippen molar-refractivity contribution in [1.29, 1.82) is 0 Å². The SMILES string of the molecule is Cc1ccc(C2(O)CC3CCCC(C2)N3Cc2ccccc2)c(C)n1. The van der Waals surface area contributed by atoms with Crippen LogP contribution in [-0.2, 0) is 12.1 Å². The zero-order valence-electron chi connectivity index (χ0n) is 15.3. The van der Waals surface area contributed by atoms with Gasteiger partial charge in [0.1, 0.15) is 0 Å². The van der Waals surface area contributed by atoms with E-state index < -0.39 is 5.60 Å². The van der Waals surface area contributed by atoms with Gasteiger partial charge in [-0.25, -0.2) is 0 Å². The number of aromatic nitrogens is 1. The number of fused-ring (bicyclic) bond motifs is 2. The predicted octanol–water partition coefficient (Wildman–Crippen LogP) is 4.10. The summed E-state index contributed by atoms with van der Waals surface area (Å²) in [5.41, 5.74) is 3.68. The second-order valence-corrected chi connectivity index (χ2v) is 7.92. The molecule has 2 aromatic rings.